The highest BCUT2D eigenvalue weighted by Gasteiger charge is 2.50. The van der Waals surface area contributed by atoms with Gasteiger partial charge in [0.15, 0.2) is 0 Å². The third-order valence-corrected chi connectivity index (χ3v) is 5.04. The molecule has 1 saturated heterocycles. The summed E-state index contributed by atoms with van der Waals surface area (Å²) in [6.45, 7) is 1.78. The second-order valence-electron chi connectivity index (χ2n) is 5.96. The first kappa shape index (κ1) is 14.6. The first-order valence-electron chi connectivity index (χ1n) is 7.45. The van der Waals surface area contributed by atoms with Crippen molar-refractivity contribution >= 4 is 33.4 Å². The zero-order valence-electron chi connectivity index (χ0n) is 12.1. The van der Waals surface area contributed by atoms with Gasteiger partial charge in [-0.2, -0.15) is 0 Å². The minimum atomic E-state index is -0.690. The molecule has 0 aromatic heterocycles. The van der Waals surface area contributed by atoms with Crippen molar-refractivity contribution in [3.63, 3.8) is 0 Å². The van der Waals surface area contributed by atoms with Gasteiger partial charge in [0.05, 0.1) is 0 Å². The lowest BCUT2D eigenvalue weighted by atomic mass is 9.78. The molecule has 112 valence electrons. The molecule has 1 atom stereocenters. The highest BCUT2D eigenvalue weighted by Crippen LogP contribution is 2.35. The van der Waals surface area contributed by atoms with Crippen molar-refractivity contribution in [1.82, 2.24) is 5.32 Å². The van der Waals surface area contributed by atoms with Gasteiger partial charge in [0.25, 0.3) is 5.91 Å². The molecule has 1 heterocycles. The topological polar surface area (TPSA) is 49.4 Å². The number of nitrogens with zero attached hydrogens (tertiary/aromatic N) is 1. The molecule has 4 nitrogen and oxygen atoms in total. The lowest BCUT2D eigenvalue weighted by Gasteiger charge is -2.46. The molecule has 1 aromatic rings. The number of amides is 2. The molecule has 2 fully saturated rings. The first-order chi connectivity index (χ1) is 10.0. The average Bonchev–Trinajstić information content (AvgIpc) is 2.47. The minimum Gasteiger partial charge on any atom is -0.340 e. The molecule has 1 aliphatic carbocycles. The fraction of sp³-hybridized carbons (Fsp3) is 0.500. The van der Waals surface area contributed by atoms with Gasteiger partial charge in [0.1, 0.15) is 11.6 Å². The maximum atomic E-state index is 13.1. The van der Waals surface area contributed by atoms with Gasteiger partial charge >= 0.3 is 0 Å². The predicted octanol–water partition coefficient (Wildman–Crippen LogP) is 3.00. The van der Waals surface area contributed by atoms with Crippen molar-refractivity contribution in [2.45, 2.75) is 50.6 Å². The van der Waals surface area contributed by atoms with Crippen LogP contribution in [0.2, 0.25) is 0 Å². The second-order valence-corrected chi connectivity index (χ2v) is 6.88. The Kier molecular flexibility index (Phi) is 3.78. The van der Waals surface area contributed by atoms with E-state index in [1.54, 1.807) is 11.8 Å². The summed E-state index contributed by atoms with van der Waals surface area (Å²) in [5.41, 5.74) is 0.0890. The number of anilines is 1. The summed E-state index contributed by atoms with van der Waals surface area (Å²) in [5, 5.41) is 3.00. The molecule has 1 aliphatic heterocycles. The summed E-state index contributed by atoms with van der Waals surface area (Å²) in [6, 6.07) is 7.11. The molecule has 2 amide bonds. The SMILES string of the molecule is CC1C(=O)NC2(CCCCC2)C(=O)N1c1cccc(Br)c1. The maximum absolute atomic E-state index is 13.1. The predicted molar refractivity (Wildman–Crippen MR) is 85.0 cm³/mol. The molecule has 2 aliphatic rings. The highest BCUT2D eigenvalue weighted by atomic mass is 79.9. The largest absolute Gasteiger partial charge is 0.340 e. The lowest BCUT2D eigenvalue weighted by molar-refractivity contribution is -0.139. The van der Waals surface area contributed by atoms with E-state index in [2.05, 4.69) is 21.2 Å². The zero-order valence-corrected chi connectivity index (χ0v) is 13.6. The van der Waals surface area contributed by atoms with Gasteiger partial charge in [-0.25, -0.2) is 0 Å². The number of rotatable bonds is 1. The van der Waals surface area contributed by atoms with Crippen LogP contribution < -0.4 is 10.2 Å². The lowest BCUT2D eigenvalue weighted by Crippen LogP contribution is -2.70. The number of benzene rings is 1. The normalized spacial score (nSPS) is 25.0. The molecule has 0 radical (unpaired) electrons. The van der Waals surface area contributed by atoms with E-state index in [4.69, 9.17) is 0 Å². The van der Waals surface area contributed by atoms with Crippen LogP contribution in [-0.4, -0.2) is 23.4 Å². The Labute approximate surface area is 133 Å². The summed E-state index contributed by atoms with van der Waals surface area (Å²) in [4.78, 5) is 27.1. The van der Waals surface area contributed by atoms with Crippen molar-refractivity contribution < 1.29 is 9.59 Å². The molecule has 1 aromatic carbocycles. The summed E-state index contributed by atoms with van der Waals surface area (Å²) < 4.78 is 0.906. The van der Waals surface area contributed by atoms with Gasteiger partial charge in [-0.05, 0) is 38.0 Å². The van der Waals surface area contributed by atoms with Crippen LogP contribution in [0.4, 0.5) is 5.69 Å². The van der Waals surface area contributed by atoms with Crippen LogP contribution in [0.3, 0.4) is 0 Å². The van der Waals surface area contributed by atoms with Crippen molar-refractivity contribution in [3.8, 4) is 0 Å². The zero-order chi connectivity index (χ0) is 15.0. The van der Waals surface area contributed by atoms with Crippen molar-refractivity contribution in [3.05, 3.63) is 28.7 Å². The number of carbonyl (C=O) groups is 2. The van der Waals surface area contributed by atoms with Crippen LogP contribution >= 0.6 is 15.9 Å². The molecule has 1 N–H and O–H groups in total. The summed E-state index contributed by atoms with van der Waals surface area (Å²) in [7, 11) is 0. The third-order valence-electron chi connectivity index (χ3n) is 4.55. The van der Waals surface area contributed by atoms with E-state index in [0.717, 1.165) is 42.3 Å². The Morgan fingerprint density at radius 2 is 1.95 bits per heavy atom. The number of hydrogen-bond donors (Lipinski definition) is 1. The Bertz CT molecular complexity index is 581. The molecular weight excluding hydrogens is 332 g/mol. The molecule has 3 rings (SSSR count). The minimum absolute atomic E-state index is 0.0346. The van der Waals surface area contributed by atoms with Gasteiger partial charge in [-0.15, -0.1) is 0 Å². The fourth-order valence-electron chi connectivity index (χ4n) is 3.38. The van der Waals surface area contributed by atoms with E-state index in [1.807, 2.05) is 24.3 Å². The van der Waals surface area contributed by atoms with Gasteiger partial charge in [-0.1, -0.05) is 41.3 Å². The number of carbonyl (C=O) groups excluding carboxylic acids is 2. The van der Waals surface area contributed by atoms with E-state index >= 15 is 0 Å². The van der Waals surface area contributed by atoms with E-state index in [1.165, 1.54) is 0 Å². The van der Waals surface area contributed by atoms with E-state index in [9.17, 15) is 9.59 Å². The Balaban J connectivity index is 2.01. The monoisotopic (exact) mass is 350 g/mol. The molecule has 1 saturated carbocycles. The summed E-state index contributed by atoms with van der Waals surface area (Å²) in [6.07, 6.45) is 4.61. The van der Waals surface area contributed by atoms with E-state index < -0.39 is 11.6 Å². The number of hydrogen-bond acceptors (Lipinski definition) is 2. The van der Waals surface area contributed by atoms with Crippen LogP contribution in [0, 0.1) is 0 Å². The van der Waals surface area contributed by atoms with Crippen LogP contribution in [0.5, 0.6) is 0 Å². The standard InChI is InChI=1S/C16H19BrN2O2/c1-11-14(20)18-16(8-3-2-4-9-16)15(21)19(11)13-7-5-6-12(17)10-13/h5-7,10-11H,2-4,8-9H2,1H3,(H,18,20). The molecule has 1 spiro atoms. The second kappa shape index (κ2) is 5.44. The number of halogens is 1. The molecular formula is C16H19BrN2O2. The van der Waals surface area contributed by atoms with Gasteiger partial charge < -0.3 is 5.32 Å². The van der Waals surface area contributed by atoms with Crippen LogP contribution in [0.1, 0.15) is 39.0 Å². The summed E-state index contributed by atoms with van der Waals surface area (Å²) >= 11 is 3.43. The van der Waals surface area contributed by atoms with Gasteiger partial charge in [-0.3, -0.25) is 14.5 Å². The molecule has 1 unspecified atom stereocenters. The summed E-state index contributed by atoms with van der Waals surface area (Å²) in [5.74, 6) is -0.0242. The third kappa shape index (κ3) is 2.48. The Morgan fingerprint density at radius 1 is 1.24 bits per heavy atom. The first-order valence-corrected chi connectivity index (χ1v) is 8.24. The molecule has 5 heteroatoms. The Hall–Kier alpha value is -1.36. The molecule has 21 heavy (non-hydrogen) atoms. The van der Waals surface area contributed by atoms with Crippen LogP contribution in [0.15, 0.2) is 28.7 Å². The van der Waals surface area contributed by atoms with Crippen molar-refractivity contribution in [1.29, 1.82) is 0 Å². The quantitative estimate of drug-likeness (QED) is 0.846. The molecule has 0 bridgehead atoms. The number of nitrogens with one attached hydrogen (secondary N) is 1. The number of piperazine rings is 1. The smallest absolute Gasteiger partial charge is 0.253 e. The maximum Gasteiger partial charge on any atom is 0.253 e. The Morgan fingerprint density at radius 3 is 2.62 bits per heavy atom. The van der Waals surface area contributed by atoms with Gasteiger partial charge in [0, 0.05) is 10.2 Å². The van der Waals surface area contributed by atoms with Crippen LogP contribution in [-0.2, 0) is 9.59 Å². The fourth-order valence-corrected chi connectivity index (χ4v) is 3.77. The van der Waals surface area contributed by atoms with E-state index in [-0.39, 0.29) is 11.8 Å². The highest BCUT2D eigenvalue weighted by molar-refractivity contribution is 9.10. The van der Waals surface area contributed by atoms with Gasteiger partial charge in [0.2, 0.25) is 5.91 Å². The van der Waals surface area contributed by atoms with E-state index in [0.29, 0.717) is 0 Å². The van der Waals surface area contributed by atoms with Crippen LogP contribution in [0.25, 0.3) is 0 Å². The average molecular weight is 351 g/mol. The van der Waals surface area contributed by atoms with Crippen molar-refractivity contribution in [2.75, 3.05) is 4.90 Å². The van der Waals surface area contributed by atoms with Crippen molar-refractivity contribution in [2.24, 2.45) is 0 Å².